The quantitative estimate of drug-likeness (QED) is 0.610. The van der Waals surface area contributed by atoms with Crippen molar-refractivity contribution in [2.24, 2.45) is 0 Å². The first-order valence-corrected chi connectivity index (χ1v) is 4.63. The highest BCUT2D eigenvalue weighted by molar-refractivity contribution is 7.17. The minimum absolute atomic E-state index is 0.836. The first-order valence-electron chi connectivity index (χ1n) is 3.75. The molecule has 0 saturated heterocycles. The highest BCUT2D eigenvalue weighted by Crippen LogP contribution is 2.25. The van der Waals surface area contributed by atoms with Crippen molar-refractivity contribution >= 4 is 27.7 Å². The molecular weight excluding hydrogens is 168 g/mol. The number of rotatable bonds is 1. The van der Waals surface area contributed by atoms with Gasteiger partial charge in [0.25, 0.3) is 0 Å². The molecule has 0 radical (unpaired) electrons. The minimum Gasteiger partial charge on any atom is -0.298 e. The van der Waals surface area contributed by atoms with E-state index >= 15 is 0 Å². The zero-order valence-electron chi connectivity index (χ0n) is 6.70. The maximum Gasteiger partial charge on any atom is 0.151 e. The number of benzene rings is 1. The lowest BCUT2D eigenvalue weighted by Gasteiger charge is -1.98. The van der Waals surface area contributed by atoms with Crippen molar-refractivity contribution in [1.82, 2.24) is 0 Å². The van der Waals surface area contributed by atoms with Gasteiger partial charge in [-0.25, -0.2) is 0 Å². The Kier molecular flexibility index (Phi) is 1.70. The van der Waals surface area contributed by atoms with Gasteiger partial charge < -0.3 is 0 Å². The summed E-state index contributed by atoms with van der Waals surface area (Å²) in [5.41, 5.74) is 1.89. The predicted octanol–water partition coefficient (Wildman–Crippen LogP) is 3.02. The second kappa shape index (κ2) is 2.72. The molecule has 2 rings (SSSR count). The molecule has 0 amide bonds. The van der Waals surface area contributed by atoms with Gasteiger partial charge in [0.15, 0.2) is 6.29 Å². The third kappa shape index (κ3) is 0.959. The van der Waals surface area contributed by atoms with E-state index in [-0.39, 0.29) is 0 Å². The number of hydrogen-bond donors (Lipinski definition) is 0. The third-order valence-electron chi connectivity index (χ3n) is 2.00. The lowest BCUT2D eigenvalue weighted by Crippen LogP contribution is -1.84. The summed E-state index contributed by atoms with van der Waals surface area (Å²) in [5, 5.41) is 3.17. The van der Waals surface area contributed by atoms with Crippen LogP contribution in [0.5, 0.6) is 0 Å². The van der Waals surface area contributed by atoms with Gasteiger partial charge in [-0.15, -0.1) is 11.3 Å². The molecule has 1 nitrogen and oxygen atoms in total. The standard InChI is InChI=1S/C10H8OS/c1-7-2-3-8-4-5-12-10(8)9(7)6-11/h2-6H,1H3. The fourth-order valence-electron chi connectivity index (χ4n) is 1.30. The zero-order chi connectivity index (χ0) is 8.55. The predicted molar refractivity (Wildman–Crippen MR) is 51.9 cm³/mol. The zero-order valence-corrected chi connectivity index (χ0v) is 7.52. The molecule has 0 saturated carbocycles. The van der Waals surface area contributed by atoms with E-state index in [0.717, 1.165) is 27.5 Å². The van der Waals surface area contributed by atoms with Crippen LogP contribution >= 0.6 is 11.3 Å². The van der Waals surface area contributed by atoms with Crippen LogP contribution in [-0.2, 0) is 0 Å². The lowest BCUT2D eigenvalue weighted by atomic mass is 10.1. The van der Waals surface area contributed by atoms with Crippen LogP contribution in [0.4, 0.5) is 0 Å². The first-order chi connectivity index (χ1) is 5.83. The Balaban J connectivity index is 2.91. The Morgan fingerprint density at radius 3 is 2.92 bits per heavy atom. The summed E-state index contributed by atoms with van der Waals surface area (Å²) >= 11 is 1.62. The largest absolute Gasteiger partial charge is 0.298 e. The molecule has 0 bridgehead atoms. The molecule has 12 heavy (non-hydrogen) atoms. The maximum absolute atomic E-state index is 10.7. The molecule has 0 unspecified atom stereocenters. The molecule has 0 spiro atoms. The molecule has 2 heteroatoms. The number of carbonyl (C=O) groups excluding carboxylic acids is 1. The first kappa shape index (κ1) is 7.50. The van der Waals surface area contributed by atoms with Crippen LogP contribution in [0.25, 0.3) is 10.1 Å². The number of carbonyl (C=O) groups is 1. The van der Waals surface area contributed by atoms with E-state index in [1.165, 1.54) is 0 Å². The number of hydrogen-bond acceptors (Lipinski definition) is 2. The summed E-state index contributed by atoms with van der Waals surface area (Å²) in [6.07, 6.45) is 0.939. The van der Waals surface area contributed by atoms with Gasteiger partial charge in [0.1, 0.15) is 0 Å². The van der Waals surface area contributed by atoms with Crippen LogP contribution in [0, 0.1) is 6.92 Å². The maximum atomic E-state index is 10.7. The smallest absolute Gasteiger partial charge is 0.151 e. The number of aldehydes is 1. The molecule has 0 aliphatic heterocycles. The molecule has 1 heterocycles. The summed E-state index contributed by atoms with van der Waals surface area (Å²) < 4.78 is 1.10. The van der Waals surface area contributed by atoms with E-state index in [1.807, 2.05) is 30.5 Å². The van der Waals surface area contributed by atoms with Gasteiger partial charge in [-0.2, -0.15) is 0 Å². The van der Waals surface area contributed by atoms with Gasteiger partial charge in [-0.3, -0.25) is 4.79 Å². The Morgan fingerprint density at radius 2 is 2.17 bits per heavy atom. The normalized spacial score (nSPS) is 10.4. The van der Waals surface area contributed by atoms with E-state index in [1.54, 1.807) is 11.3 Å². The minimum atomic E-state index is 0.836. The van der Waals surface area contributed by atoms with Gasteiger partial charge in [-0.1, -0.05) is 12.1 Å². The summed E-state index contributed by atoms with van der Waals surface area (Å²) in [5.74, 6) is 0. The third-order valence-corrected chi connectivity index (χ3v) is 2.96. The van der Waals surface area contributed by atoms with Crippen molar-refractivity contribution in [1.29, 1.82) is 0 Å². The molecule has 2 aromatic rings. The summed E-state index contributed by atoms with van der Waals surface area (Å²) in [6, 6.07) is 6.07. The Morgan fingerprint density at radius 1 is 1.33 bits per heavy atom. The number of aryl methyl sites for hydroxylation is 1. The Hall–Kier alpha value is -1.15. The molecular formula is C10H8OS. The Bertz CT molecular complexity index is 428. The highest BCUT2D eigenvalue weighted by atomic mass is 32.1. The summed E-state index contributed by atoms with van der Waals surface area (Å²) in [7, 11) is 0. The number of thiophene rings is 1. The van der Waals surface area contributed by atoms with E-state index < -0.39 is 0 Å². The van der Waals surface area contributed by atoms with Crippen molar-refractivity contribution in [3.63, 3.8) is 0 Å². The Labute approximate surface area is 74.6 Å². The fourth-order valence-corrected chi connectivity index (χ4v) is 2.26. The highest BCUT2D eigenvalue weighted by Gasteiger charge is 2.03. The van der Waals surface area contributed by atoms with Gasteiger partial charge >= 0.3 is 0 Å². The van der Waals surface area contributed by atoms with Crippen molar-refractivity contribution in [2.75, 3.05) is 0 Å². The van der Waals surface area contributed by atoms with E-state index in [2.05, 4.69) is 0 Å². The second-order valence-corrected chi connectivity index (χ2v) is 3.67. The molecule has 60 valence electrons. The van der Waals surface area contributed by atoms with Crippen LogP contribution < -0.4 is 0 Å². The molecule has 0 aliphatic rings. The van der Waals surface area contributed by atoms with Gasteiger partial charge in [-0.05, 0) is 29.3 Å². The van der Waals surface area contributed by atoms with Crippen LogP contribution in [0.3, 0.4) is 0 Å². The molecule has 0 N–H and O–H groups in total. The van der Waals surface area contributed by atoms with Crippen LogP contribution in [-0.4, -0.2) is 6.29 Å². The van der Waals surface area contributed by atoms with Crippen LogP contribution in [0.1, 0.15) is 15.9 Å². The average Bonchev–Trinajstić information content (AvgIpc) is 2.52. The van der Waals surface area contributed by atoms with E-state index in [4.69, 9.17) is 0 Å². The average molecular weight is 176 g/mol. The second-order valence-electron chi connectivity index (χ2n) is 2.75. The molecule has 1 aromatic heterocycles. The van der Waals surface area contributed by atoms with Crippen molar-refractivity contribution in [2.45, 2.75) is 6.92 Å². The number of fused-ring (bicyclic) bond motifs is 1. The van der Waals surface area contributed by atoms with Crippen LogP contribution in [0.15, 0.2) is 23.6 Å². The van der Waals surface area contributed by atoms with E-state index in [9.17, 15) is 4.79 Å². The van der Waals surface area contributed by atoms with Gasteiger partial charge in [0, 0.05) is 10.3 Å². The summed E-state index contributed by atoms with van der Waals surface area (Å²) in [6.45, 7) is 1.96. The molecule has 0 fully saturated rings. The van der Waals surface area contributed by atoms with Gasteiger partial charge in [0.05, 0.1) is 0 Å². The molecule has 0 aliphatic carbocycles. The fraction of sp³-hybridized carbons (Fsp3) is 0.100. The topological polar surface area (TPSA) is 17.1 Å². The van der Waals surface area contributed by atoms with Crippen molar-refractivity contribution < 1.29 is 4.79 Å². The molecule has 0 atom stereocenters. The summed E-state index contributed by atoms with van der Waals surface area (Å²) in [4.78, 5) is 10.7. The van der Waals surface area contributed by atoms with Gasteiger partial charge in [0.2, 0.25) is 0 Å². The SMILES string of the molecule is Cc1ccc2ccsc2c1C=O. The van der Waals surface area contributed by atoms with E-state index in [0.29, 0.717) is 0 Å². The van der Waals surface area contributed by atoms with Crippen molar-refractivity contribution in [3.05, 3.63) is 34.7 Å². The van der Waals surface area contributed by atoms with Crippen LogP contribution in [0.2, 0.25) is 0 Å². The van der Waals surface area contributed by atoms with Crippen molar-refractivity contribution in [3.8, 4) is 0 Å². The molecule has 1 aromatic carbocycles. The monoisotopic (exact) mass is 176 g/mol. The lowest BCUT2D eigenvalue weighted by molar-refractivity contribution is 0.112.